The van der Waals surface area contributed by atoms with E-state index in [1.165, 1.54) is 0 Å². The molecule has 1 aromatic rings. The molecule has 0 saturated heterocycles. The first kappa shape index (κ1) is 16.9. The van der Waals surface area contributed by atoms with Crippen molar-refractivity contribution in [2.24, 2.45) is 0 Å². The van der Waals surface area contributed by atoms with Gasteiger partial charge in [-0.05, 0) is 52.0 Å². The zero-order chi connectivity index (χ0) is 15.2. The van der Waals surface area contributed by atoms with Gasteiger partial charge in [-0.2, -0.15) is 0 Å². The Bertz CT molecular complexity index is 498. The van der Waals surface area contributed by atoms with Crippen LogP contribution in [0.15, 0.2) is 29.2 Å². The molecule has 1 unspecified atom stereocenters. The van der Waals surface area contributed by atoms with Gasteiger partial charge in [0.1, 0.15) is 0 Å². The average Bonchev–Trinajstić information content (AvgIpc) is 2.35. The Labute approximate surface area is 121 Å². The van der Waals surface area contributed by atoms with Crippen molar-refractivity contribution in [3.05, 3.63) is 24.3 Å². The fourth-order valence-corrected chi connectivity index (χ4v) is 2.98. The van der Waals surface area contributed by atoms with Crippen molar-refractivity contribution in [1.82, 2.24) is 4.72 Å². The lowest BCUT2D eigenvalue weighted by Gasteiger charge is -2.15. The van der Waals surface area contributed by atoms with Gasteiger partial charge in [-0.25, -0.2) is 13.1 Å². The van der Waals surface area contributed by atoms with Crippen molar-refractivity contribution < 1.29 is 13.2 Å². The van der Waals surface area contributed by atoms with Crippen LogP contribution in [-0.2, 0) is 14.8 Å². The normalized spacial score (nSPS) is 13.4. The number of ether oxygens (including phenoxy) is 1. The van der Waals surface area contributed by atoms with Crippen molar-refractivity contribution >= 4 is 15.7 Å². The van der Waals surface area contributed by atoms with Crippen LogP contribution >= 0.6 is 0 Å². The second kappa shape index (κ2) is 7.61. The molecule has 1 rings (SSSR count). The van der Waals surface area contributed by atoms with E-state index in [-0.39, 0.29) is 17.0 Å². The van der Waals surface area contributed by atoms with Crippen LogP contribution < -0.4 is 10.0 Å². The molecule has 20 heavy (non-hydrogen) atoms. The van der Waals surface area contributed by atoms with Crippen molar-refractivity contribution in [1.29, 1.82) is 0 Å². The summed E-state index contributed by atoms with van der Waals surface area (Å²) in [5, 5.41) is 3.26. The topological polar surface area (TPSA) is 67.4 Å². The first-order valence-electron chi connectivity index (χ1n) is 6.82. The second-order valence-electron chi connectivity index (χ2n) is 5.01. The van der Waals surface area contributed by atoms with Crippen molar-refractivity contribution in [3.63, 3.8) is 0 Å². The zero-order valence-electron chi connectivity index (χ0n) is 12.5. The number of hydrogen-bond donors (Lipinski definition) is 2. The minimum Gasteiger partial charge on any atom is -0.380 e. The van der Waals surface area contributed by atoms with Crippen LogP contribution in [-0.4, -0.2) is 33.7 Å². The Morgan fingerprint density at radius 3 is 2.25 bits per heavy atom. The molecular weight excluding hydrogens is 276 g/mol. The lowest BCUT2D eigenvalue weighted by molar-refractivity contribution is 0.141. The predicted molar refractivity (Wildman–Crippen MR) is 81.5 cm³/mol. The molecule has 0 heterocycles. The molecule has 0 saturated carbocycles. The van der Waals surface area contributed by atoms with Gasteiger partial charge < -0.3 is 10.1 Å². The van der Waals surface area contributed by atoms with Crippen LogP contribution in [0.25, 0.3) is 0 Å². The van der Waals surface area contributed by atoms with Crippen LogP contribution in [0, 0.1) is 0 Å². The molecule has 0 fully saturated rings. The summed E-state index contributed by atoms with van der Waals surface area (Å²) in [6, 6.07) is 6.77. The van der Waals surface area contributed by atoms with Gasteiger partial charge in [0.25, 0.3) is 0 Å². The summed E-state index contributed by atoms with van der Waals surface area (Å²) in [5.74, 6) is 0. The highest BCUT2D eigenvalue weighted by atomic mass is 32.2. The van der Waals surface area contributed by atoms with Gasteiger partial charge in [0.2, 0.25) is 10.0 Å². The molecular formula is C14H24N2O3S. The zero-order valence-corrected chi connectivity index (χ0v) is 13.3. The van der Waals surface area contributed by atoms with Gasteiger partial charge in [0.05, 0.1) is 11.5 Å². The number of nitrogens with one attached hydrogen (secondary N) is 2. The third-order valence-electron chi connectivity index (χ3n) is 2.54. The van der Waals surface area contributed by atoms with Gasteiger partial charge in [-0.15, -0.1) is 0 Å². The van der Waals surface area contributed by atoms with Gasteiger partial charge in [0, 0.05) is 24.4 Å². The SMILES string of the molecule is CCOCC(C)Nc1ccc(S(=O)(=O)NC(C)C)cc1. The third kappa shape index (κ3) is 5.48. The minimum absolute atomic E-state index is 0.121. The summed E-state index contributed by atoms with van der Waals surface area (Å²) < 4.78 is 31.8. The monoisotopic (exact) mass is 300 g/mol. The number of sulfonamides is 1. The summed E-state index contributed by atoms with van der Waals surface area (Å²) in [6.07, 6.45) is 0. The maximum absolute atomic E-state index is 12.0. The Balaban J connectivity index is 2.69. The van der Waals surface area contributed by atoms with Crippen LogP contribution in [0.4, 0.5) is 5.69 Å². The predicted octanol–water partition coefficient (Wildman–Crippen LogP) is 2.21. The molecule has 0 spiro atoms. The van der Waals surface area contributed by atoms with E-state index in [1.807, 2.05) is 13.8 Å². The molecule has 0 amide bonds. The number of benzene rings is 1. The van der Waals surface area contributed by atoms with E-state index >= 15 is 0 Å². The summed E-state index contributed by atoms with van der Waals surface area (Å²) in [7, 11) is -3.42. The molecule has 1 aromatic carbocycles. The Kier molecular flexibility index (Phi) is 6.45. The maximum atomic E-state index is 12.0. The highest BCUT2D eigenvalue weighted by Gasteiger charge is 2.14. The van der Waals surface area contributed by atoms with Crippen LogP contribution in [0.5, 0.6) is 0 Å². The van der Waals surface area contributed by atoms with Gasteiger partial charge in [-0.3, -0.25) is 0 Å². The lowest BCUT2D eigenvalue weighted by Crippen LogP contribution is -2.30. The Hall–Kier alpha value is -1.11. The molecule has 1 atom stereocenters. The smallest absolute Gasteiger partial charge is 0.240 e. The van der Waals surface area contributed by atoms with E-state index in [0.29, 0.717) is 13.2 Å². The van der Waals surface area contributed by atoms with Crippen LogP contribution in [0.1, 0.15) is 27.7 Å². The van der Waals surface area contributed by atoms with E-state index in [2.05, 4.69) is 10.0 Å². The molecule has 5 nitrogen and oxygen atoms in total. The van der Waals surface area contributed by atoms with Gasteiger partial charge in [0.15, 0.2) is 0 Å². The molecule has 6 heteroatoms. The fourth-order valence-electron chi connectivity index (χ4n) is 1.73. The summed E-state index contributed by atoms with van der Waals surface area (Å²) in [4.78, 5) is 0.272. The van der Waals surface area contributed by atoms with Crippen LogP contribution in [0.2, 0.25) is 0 Å². The molecule has 0 aliphatic carbocycles. The van der Waals surface area contributed by atoms with Crippen molar-refractivity contribution in [3.8, 4) is 0 Å². The largest absolute Gasteiger partial charge is 0.380 e. The van der Waals surface area contributed by atoms with E-state index in [1.54, 1.807) is 38.1 Å². The molecule has 114 valence electrons. The highest BCUT2D eigenvalue weighted by Crippen LogP contribution is 2.15. The molecule has 0 aromatic heterocycles. The number of hydrogen-bond acceptors (Lipinski definition) is 4. The van der Waals surface area contributed by atoms with Crippen molar-refractivity contribution in [2.75, 3.05) is 18.5 Å². The second-order valence-corrected chi connectivity index (χ2v) is 6.72. The molecule has 2 N–H and O–H groups in total. The van der Waals surface area contributed by atoms with Crippen molar-refractivity contribution in [2.45, 2.75) is 44.7 Å². The summed E-state index contributed by atoms with van der Waals surface area (Å²) >= 11 is 0. The van der Waals surface area contributed by atoms with E-state index < -0.39 is 10.0 Å². The van der Waals surface area contributed by atoms with E-state index in [0.717, 1.165) is 5.69 Å². The third-order valence-corrected chi connectivity index (χ3v) is 4.21. The fraction of sp³-hybridized carbons (Fsp3) is 0.571. The Morgan fingerprint density at radius 2 is 1.75 bits per heavy atom. The summed E-state index contributed by atoms with van der Waals surface area (Å²) in [5.41, 5.74) is 0.876. The number of rotatable bonds is 8. The first-order chi connectivity index (χ1) is 9.35. The molecule has 0 radical (unpaired) electrons. The summed E-state index contributed by atoms with van der Waals surface area (Å²) in [6.45, 7) is 8.86. The maximum Gasteiger partial charge on any atom is 0.240 e. The van der Waals surface area contributed by atoms with Gasteiger partial charge in [-0.1, -0.05) is 0 Å². The Morgan fingerprint density at radius 1 is 1.15 bits per heavy atom. The highest BCUT2D eigenvalue weighted by molar-refractivity contribution is 7.89. The first-order valence-corrected chi connectivity index (χ1v) is 8.30. The molecule has 0 aliphatic rings. The average molecular weight is 300 g/mol. The van der Waals surface area contributed by atoms with Crippen LogP contribution in [0.3, 0.4) is 0 Å². The lowest BCUT2D eigenvalue weighted by atomic mass is 10.3. The number of anilines is 1. The standard InChI is InChI=1S/C14H24N2O3S/c1-5-19-10-12(4)15-13-6-8-14(9-7-13)20(17,18)16-11(2)3/h6-9,11-12,15-16H,5,10H2,1-4H3. The molecule has 0 aliphatic heterocycles. The van der Waals surface area contributed by atoms with Gasteiger partial charge >= 0.3 is 0 Å². The molecule has 0 bridgehead atoms. The quantitative estimate of drug-likeness (QED) is 0.772. The van der Waals surface area contributed by atoms with E-state index in [9.17, 15) is 8.42 Å². The van der Waals surface area contributed by atoms with E-state index in [4.69, 9.17) is 4.74 Å². The minimum atomic E-state index is -3.42.